The van der Waals surface area contributed by atoms with E-state index in [0.29, 0.717) is 16.2 Å². The molecule has 24 heavy (non-hydrogen) atoms. The number of amides is 1. The van der Waals surface area contributed by atoms with E-state index in [9.17, 15) is 9.59 Å². The van der Waals surface area contributed by atoms with Crippen LogP contribution >= 0.6 is 11.8 Å². The van der Waals surface area contributed by atoms with Crippen LogP contribution in [0.15, 0.2) is 46.5 Å². The maximum atomic E-state index is 12.2. The predicted molar refractivity (Wildman–Crippen MR) is 92.1 cm³/mol. The van der Waals surface area contributed by atoms with Crippen molar-refractivity contribution in [2.24, 2.45) is 0 Å². The highest BCUT2D eigenvalue weighted by atomic mass is 32.2. The average Bonchev–Trinajstić information content (AvgIpc) is 3.03. The van der Waals surface area contributed by atoms with Gasteiger partial charge in [0.15, 0.2) is 10.8 Å². The Morgan fingerprint density at radius 1 is 1.38 bits per heavy atom. The number of para-hydroxylation sites is 1. The zero-order valence-corrected chi connectivity index (χ0v) is 13.3. The Bertz CT molecular complexity index is 972. The highest BCUT2D eigenvalue weighted by Crippen LogP contribution is 2.17. The molecule has 3 aromatic rings. The molecule has 1 amide bonds. The van der Waals surface area contributed by atoms with Gasteiger partial charge in [-0.05, 0) is 12.1 Å². The lowest BCUT2D eigenvalue weighted by Crippen LogP contribution is -2.25. The van der Waals surface area contributed by atoms with Crippen LogP contribution in [0.3, 0.4) is 0 Å². The quantitative estimate of drug-likeness (QED) is 0.410. The summed E-state index contributed by atoms with van der Waals surface area (Å²) in [4.78, 5) is 30.8. The summed E-state index contributed by atoms with van der Waals surface area (Å²) >= 11 is 1.13. The zero-order chi connectivity index (χ0) is 16.9. The molecule has 120 valence electrons. The summed E-state index contributed by atoms with van der Waals surface area (Å²) in [7, 11) is 0. The Balaban J connectivity index is 1.90. The van der Waals surface area contributed by atoms with Crippen molar-refractivity contribution < 1.29 is 4.79 Å². The van der Waals surface area contributed by atoms with Gasteiger partial charge in [-0.25, -0.2) is 9.67 Å². The number of benzene rings is 1. The molecule has 0 atom stereocenters. The number of terminal acetylenes is 1. The molecule has 0 spiro atoms. The zero-order valence-electron chi connectivity index (χ0n) is 12.5. The molecule has 0 fully saturated rings. The lowest BCUT2D eigenvalue weighted by atomic mass is 10.3. The van der Waals surface area contributed by atoms with Gasteiger partial charge in [0, 0.05) is 0 Å². The van der Waals surface area contributed by atoms with E-state index in [1.807, 2.05) is 30.3 Å². The van der Waals surface area contributed by atoms with Gasteiger partial charge in [-0.15, -0.1) is 6.42 Å². The normalized spacial score (nSPS) is 10.5. The molecule has 2 heterocycles. The van der Waals surface area contributed by atoms with Crippen LogP contribution in [0.2, 0.25) is 0 Å². The van der Waals surface area contributed by atoms with Crippen LogP contribution in [0, 0.1) is 12.3 Å². The van der Waals surface area contributed by atoms with Gasteiger partial charge in [-0.3, -0.25) is 9.59 Å². The van der Waals surface area contributed by atoms with Gasteiger partial charge in [0.1, 0.15) is 5.39 Å². The van der Waals surface area contributed by atoms with Crippen molar-refractivity contribution in [3.05, 3.63) is 46.9 Å². The third kappa shape index (κ3) is 3.31. The van der Waals surface area contributed by atoms with Gasteiger partial charge in [-0.2, -0.15) is 5.10 Å². The fourth-order valence-electron chi connectivity index (χ4n) is 2.06. The molecule has 2 aromatic heterocycles. The number of fused-ring (bicyclic) bond motifs is 1. The first kappa shape index (κ1) is 15.8. The smallest absolute Gasteiger partial charge is 0.262 e. The molecule has 7 nitrogen and oxygen atoms in total. The van der Waals surface area contributed by atoms with E-state index in [-0.39, 0.29) is 23.8 Å². The van der Waals surface area contributed by atoms with Crippen LogP contribution in [-0.2, 0) is 4.79 Å². The summed E-state index contributed by atoms with van der Waals surface area (Å²) in [6, 6.07) is 9.39. The van der Waals surface area contributed by atoms with E-state index in [1.165, 1.54) is 6.20 Å². The summed E-state index contributed by atoms with van der Waals surface area (Å²) < 4.78 is 1.59. The number of aromatic amines is 1. The van der Waals surface area contributed by atoms with Gasteiger partial charge in [0.25, 0.3) is 5.56 Å². The highest BCUT2D eigenvalue weighted by Gasteiger charge is 2.12. The lowest BCUT2D eigenvalue weighted by Gasteiger charge is -2.04. The third-order valence-electron chi connectivity index (χ3n) is 3.14. The number of thioether (sulfide) groups is 1. The number of hydrogen-bond donors (Lipinski definition) is 2. The molecule has 2 N–H and O–H groups in total. The molecule has 0 aliphatic rings. The van der Waals surface area contributed by atoms with Crippen LogP contribution in [0.4, 0.5) is 0 Å². The van der Waals surface area contributed by atoms with Gasteiger partial charge in [-0.1, -0.05) is 35.9 Å². The molecule has 0 saturated carbocycles. The Morgan fingerprint density at radius 3 is 2.92 bits per heavy atom. The third-order valence-corrected chi connectivity index (χ3v) is 4.02. The number of rotatable bonds is 5. The van der Waals surface area contributed by atoms with Crippen molar-refractivity contribution in [1.82, 2.24) is 25.1 Å². The van der Waals surface area contributed by atoms with Gasteiger partial charge < -0.3 is 10.3 Å². The molecular weight excluding hydrogens is 326 g/mol. The van der Waals surface area contributed by atoms with Crippen molar-refractivity contribution in [2.45, 2.75) is 5.16 Å². The molecule has 3 rings (SSSR count). The summed E-state index contributed by atoms with van der Waals surface area (Å²) in [5, 5.41) is 7.52. The van der Waals surface area contributed by atoms with Gasteiger partial charge in [0.2, 0.25) is 5.91 Å². The molecular formula is C16H13N5O2S. The molecule has 0 aliphatic heterocycles. The van der Waals surface area contributed by atoms with E-state index in [4.69, 9.17) is 6.42 Å². The van der Waals surface area contributed by atoms with Crippen molar-refractivity contribution in [3.63, 3.8) is 0 Å². The minimum atomic E-state index is -0.297. The Labute approximate surface area is 141 Å². The molecule has 8 heteroatoms. The largest absolute Gasteiger partial charge is 0.344 e. The van der Waals surface area contributed by atoms with Crippen LogP contribution in [0.5, 0.6) is 0 Å². The molecule has 0 unspecified atom stereocenters. The molecule has 1 aromatic carbocycles. The first-order valence-corrected chi connectivity index (χ1v) is 8.04. The number of hydrogen-bond acceptors (Lipinski definition) is 5. The minimum absolute atomic E-state index is 0.107. The van der Waals surface area contributed by atoms with E-state index in [1.54, 1.807) is 4.68 Å². The second kappa shape index (κ2) is 7.02. The fourth-order valence-corrected chi connectivity index (χ4v) is 2.75. The summed E-state index contributed by atoms with van der Waals surface area (Å²) in [6.07, 6.45) is 6.56. The Morgan fingerprint density at radius 2 is 2.17 bits per heavy atom. The molecule has 0 radical (unpaired) electrons. The summed E-state index contributed by atoms with van der Waals surface area (Å²) in [6.45, 7) is 0.170. The van der Waals surface area contributed by atoms with E-state index < -0.39 is 0 Å². The number of nitrogens with zero attached hydrogens (tertiary/aromatic N) is 3. The molecule has 0 aliphatic carbocycles. The number of carbonyl (C=O) groups is 1. The number of carbonyl (C=O) groups excluding carboxylic acids is 1. The second-order valence-corrected chi connectivity index (χ2v) is 5.73. The minimum Gasteiger partial charge on any atom is -0.344 e. The van der Waals surface area contributed by atoms with Crippen molar-refractivity contribution >= 4 is 28.7 Å². The van der Waals surface area contributed by atoms with Crippen molar-refractivity contribution in [3.8, 4) is 18.0 Å². The maximum absolute atomic E-state index is 12.2. The standard InChI is InChI=1S/C16H13N5O2S/c1-2-8-17-13(22)10-24-16-19-14-12(15(23)20-16)9-18-21(14)11-6-4-3-5-7-11/h1,3-7,9H,8,10H2,(H,17,22)(H,19,20,23). The van der Waals surface area contributed by atoms with E-state index >= 15 is 0 Å². The Kier molecular flexibility index (Phi) is 4.63. The second-order valence-electron chi connectivity index (χ2n) is 4.77. The number of H-pyrrole nitrogens is 1. The van der Waals surface area contributed by atoms with Crippen LogP contribution in [-0.4, -0.2) is 38.0 Å². The van der Waals surface area contributed by atoms with Crippen molar-refractivity contribution in [2.75, 3.05) is 12.3 Å². The lowest BCUT2D eigenvalue weighted by molar-refractivity contribution is -0.118. The SMILES string of the molecule is C#CCNC(=O)CSc1nc2c(cnn2-c2ccccc2)c(=O)[nH]1. The number of nitrogens with one attached hydrogen (secondary N) is 2. The average molecular weight is 339 g/mol. The predicted octanol–water partition coefficient (Wildman–Crippen LogP) is 0.950. The van der Waals surface area contributed by atoms with Crippen molar-refractivity contribution in [1.29, 1.82) is 0 Å². The van der Waals surface area contributed by atoms with Gasteiger partial charge in [0.05, 0.1) is 24.2 Å². The van der Waals surface area contributed by atoms with Crippen LogP contribution in [0.1, 0.15) is 0 Å². The molecule has 0 bridgehead atoms. The van der Waals surface area contributed by atoms with Crippen LogP contribution < -0.4 is 10.9 Å². The highest BCUT2D eigenvalue weighted by molar-refractivity contribution is 7.99. The first-order chi connectivity index (χ1) is 11.7. The topological polar surface area (TPSA) is 92.7 Å². The van der Waals surface area contributed by atoms with E-state index in [0.717, 1.165) is 17.4 Å². The monoisotopic (exact) mass is 339 g/mol. The summed E-state index contributed by atoms with van der Waals surface area (Å²) in [5.74, 6) is 2.21. The number of aromatic nitrogens is 4. The maximum Gasteiger partial charge on any atom is 0.262 e. The Hall–Kier alpha value is -3.05. The van der Waals surface area contributed by atoms with E-state index in [2.05, 4.69) is 26.3 Å². The summed E-state index contributed by atoms with van der Waals surface area (Å²) in [5.41, 5.74) is 0.943. The first-order valence-electron chi connectivity index (χ1n) is 7.05. The van der Waals surface area contributed by atoms with Gasteiger partial charge >= 0.3 is 0 Å². The fraction of sp³-hybridized carbons (Fsp3) is 0.125. The molecule has 0 saturated heterocycles. The van der Waals surface area contributed by atoms with Crippen LogP contribution in [0.25, 0.3) is 16.7 Å².